The zero-order valence-corrected chi connectivity index (χ0v) is 28.5. The fourth-order valence-electron chi connectivity index (χ4n) is 5.96. The Bertz CT molecular complexity index is 871. The van der Waals surface area contributed by atoms with E-state index in [1.165, 1.54) is 12.8 Å². The molecular formula is C31H56N4O6S2. The zero-order chi connectivity index (χ0) is 31.6. The third kappa shape index (κ3) is 16.2. The molecule has 0 unspecified atom stereocenters. The van der Waals surface area contributed by atoms with Gasteiger partial charge in [0, 0.05) is 55.6 Å². The number of ether oxygens (including phenoxy) is 2. The highest BCUT2D eigenvalue weighted by molar-refractivity contribution is 8.16. The summed E-state index contributed by atoms with van der Waals surface area (Å²) in [6.45, 7) is 9.80. The summed E-state index contributed by atoms with van der Waals surface area (Å²) >= 11 is 3.54. The first-order valence-corrected chi connectivity index (χ1v) is 18.3. The summed E-state index contributed by atoms with van der Waals surface area (Å²) in [5.74, 6) is 1.73. The van der Waals surface area contributed by atoms with E-state index in [1.54, 1.807) is 30.4 Å². The van der Waals surface area contributed by atoms with Crippen LogP contribution in [0.5, 0.6) is 0 Å². The number of carbonyl (C=O) groups is 4. The monoisotopic (exact) mass is 644 g/mol. The van der Waals surface area contributed by atoms with Gasteiger partial charge in [0.25, 0.3) is 0 Å². The van der Waals surface area contributed by atoms with Crippen molar-refractivity contribution in [3.8, 4) is 0 Å². The van der Waals surface area contributed by atoms with E-state index in [-0.39, 0.29) is 22.6 Å². The van der Waals surface area contributed by atoms with Crippen LogP contribution in [0.3, 0.4) is 0 Å². The van der Waals surface area contributed by atoms with Crippen molar-refractivity contribution in [1.29, 1.82) is 0 Å². The summed E-state index contributed by atoms with van der Waals surface area (Å²) in [5.41, 5.74) is -0.942. The zero-order valence-electron chi connectivity index (χ0n) is 26.9. The standard InChI is InChI=1S/C31H56N4O6S2/c1-5-40-27(38)34-22-30(12-8-6-9-13-30)20-25(36)32-16-18-42-24-43-19-17-33-26(37)21-31(14-10-7-11-15-31)23-35-28(39)41-29(2,3)4/h5-24H2,1-4H3,(H,32,36)(H,33,37)(H,34,38)(H,35,39). The molecule has 0 heterocycles. The van der Waals surface area contributed by atoms with Gasteiger partial charge in [-0.05, 0) is 64.2 Å². The molecule has 0 saturated heterocycles. The van der Waals surface area contributed by atoms with E-state index < -0.39 is 17.8 Å². The molecule has 2 fully saturated rings. The molecule has 2 saturated carbocycles. The Balaban J connectivity index is 1.58. The van der Waals surface area contributed by atoms with Crippen LogP contribution in [0.4, 0.5) is 9.59 Å². The number of hydrogen-bond acceptors (Lipinski definition) is 8. The molecule has 2 aliphatic carbocycles. The van der Waals surface area contributed by atoms with Gasteiger partial charge in [0.1, 0.15) is 5.60 Å². The smallest absolute Gasteiger partial charge is 0.407 e. The fourth-order valence-corrected chi connectivity index (χ4v) is 7.87. The molecule has 0 aromatic carbocycles. The molecule has 2 rings (SSSR count). The number of thioether (sulfide) groups is 2. The number of amides is 4. The second-order valence-corrected chi connectivity index (χ2v) is 15.6. The molecule has 12 heteroatoms. The first-order chi connectivity index (χ1) is 20.5. The molecule has 43 heavy (non-hydrogen) atoms. The van der Waals surface area contributed by atoms with Crippen molar-refractivity contribution >= 4 is 47.5 Å². The largest absolute Gasteiger partial charge is 0.450 e. The molecule has 4 amide bonds. The van der Waals surface area contributed by atoms with Crippen LogP contribution < -0.4 is 21.3 Å². The molecular weight excluding hydrogens is 588 g/mol. The Kier molecular flexibility index (Phi) is 17.0. The van der Waals surface area contributed by atoms with Gasteiger partial charge in [0.2, 0.25) is 11.8 Å². The highest BCUT2D eigenvalue weighted by Crippen LogP contribution is 2.40. The van der Waals surface area contributed by atoms with Gasteiger partial charge >= 0.3 is 12.2 Å². The Hall–Kier alpha value is -1.82. The summed E-state index contributed by atoms with van der Waals surface area (Å²) < 4.78 is 10.4. The molecule has 2 aliphatic rings. The van der Waals surface area contributed by atoms with E-state index >= 15 is 0 Å². The molecule has 4 N–H and O–H groups in total. The summed E-state index contributed by atoms with van der Waals surface area (Å²) in [6.07, 6.45) is 10.4. The van der Waals surface area contributed by atoms with Crippen molar-refractivity contribution in [1.82, 2.24) is 21.3 Å². The molecule has 248 valence electrons. The summed E-state index contributed by atoms with van der Waals surface area (Å²) in [7, 11) is 0. The summed E-state index contributed by atoms with van der Waals surface area (Å²) in [4.78, 5) is 49.4. The highest BCUT2D eigenvalue weighted by atomic mass is 32.2. The van der Waals surface area contributed by atoms with E-state index in [0.717, 1.165) is 68.0 Å². The topological polar surface area (TPSA) is 135 Å². The lowest BCUT2D eigenvalue weighted by Crippen LogP contribution is -2.44. The average Bonchev–Trinajstić information content (AvgIpc) is 2.94. The Morgan fingerprint density at radius 2 is 1.12 bits per heavy atom. The number of nitrogens with one attached hydrogen (secondary N) is 4. The normalized spacial score (nSPS) is 17.8. The van der Waals surface area contributed by atoms with Crippen molar-refractivity contribution in [2.75, 3.05) is 49.4 Å². The van der Waals surface area contributed by atoms with Gasteiger partial charge in [-0.25, -0.2) is 9.59 Å². The van der Waals surface area contributed by atoms with E-state index in [2.05, 4.69) is 21.3 Å². The first kappa shape index (κ1) is 37.4. The number of rotatable bonds is 17. The summed E-state index contributed by atoms with van der Waals surface area (Å²) in [6, 6.07) is 0. The third-order valence-corrected chi connectivity index (χ3v) is 10.4. The van der Waals surface area contributed by atoms with Crippen LogP contribution >= 0.6 is 23.5 Å². The summed E-state index contributed by atoms with van der Waals surface area (Å²) in [5, 5.41) is 12.8. The van der Waals surface area contributed by atoms with Gasteiger partial charge in [-0.2, -0.15) is 0 Å². The first-order valence-electron chi connectivity index (χ1n) is 16.0. The lowest BCUT2D eigenvalue weighted by Gasteiger charge is -2.37. The predicted octanol–water partition coefficient (Wildman–Crippen LogP) is 5.59. The van der Waals surface area contributed by atoms with Gasteiger partial charge < -0.3 is 30.7 Å². The lowest BCUT2D eigenvalue weighted by atomic mass is 9.71. The Morgan fingerprint density at radius 3 is 1.53 bits per heavy atom. The molecule has 0 aromatic rings. The van der Waals surface area contributed by atoms with Gasteiger partial charge in [-0.1, -0.05) is 38.5 Å². The molecule has 0 aliphatic heterocycles. The lowest BCUT2D eigenvalue weighted by molar-refractivity contribution is -0.124. The van der Waals surface area contributed by atoms with E-state index in [1.807, 2.05) is 20.8 Å². The van der Waals surface area contributed by atoms with Crippen LogP contribution in [0.2, 0.25) is 0 Å². The SMILES string of the molecule is CCOC(=O)NCC1(CC(=O)NCCSCSCCNC(=O)CC2(CNC(=O)OC(C)(C)C)CCCCC2)CCCCC1. The van der Waals surface area contributed by atoms with E-state index in [0.29, 0.717) is 45.6 Å². The van der Waals surface area contributed by atoms with Crippen LogP contribution in [0.1, 0.15) is 105 Å². The highest BCUT2D eigenvalue weighted by Gasteiger charge is 2.36. The van der Waals surface area contributed by atoms with Crippen molar-refractivity contribution in [3.05, 3.63) is 0 Å². The average molecular weight is 645 g/mol. The van der Waals surface area contributed by atoms with Crippen molar-refractivity contribution in [2.45, 2.75) is 110 Å². The minimum Gasteiger partial charge on any atom is -0.450 e. The van der Waals surface area contributed by atoms with E-state index in [9.17, 15) is 19.2 Å². The Labute approximate surface area is 267 Å². The van der Waals surface area contributed by atoms with Crippen molar-refractivity contribution in [2.24, 2.45) is 10.8 Å². The molecule has 0 aromatic heterocycles. The van der Waals surface area contributed by atoms with Crippen molar-refractivity contribution < 1.29 is 28.7 Å². The van der Waals surface area contributed by atoms with Gasteiger partial charge in [-0.3, -0.25) is 9.59 Å². The second-order valence-electron chi connectivity index (χ2n) is 13.0. The molecule has 10 nitrogen and oxygen atoms in total. The van der Waals surface area contributed by atoms with Crippen LogP contribution in [-0.4, -0.2) is 79.0 Å². The maximum Gasteiger partial charge on any atom is 0.407 e. The van der Waals surface area contributed by atoms with Gasteiger partial charge in [-0.15, -0.1) is 23.5 Å². The molecule has 0 atom stereocenters. The molecule has 0 bridgehead atoms. The van der Waals surface area contributed by atoms with Crippen molar-refractivity contribution in [3.63, 3.8) is 0 Å². The third-order valence-electron chi connectivity index (χ3n) is 8.09. The van der Waals surface area contributed by atoms with Crippen LogP contribution in [0.25, 0.3) is 0 Å². The maximum absolute atomic E-state index is 12.8. The second kappa shape index (κ2) is 19.5. The molecule has 0 radical (unpaired) electrons. The van der Waals surface area contributed by atoms with Crippen LogP contribution in [-0.2, 0) is 19.1 Å². The number of alkyl carbamates (subject to hydrolysis) is 2. The molecule has 0 spiro atoms. The Morgan fingerprint density at radius 1 is 0.674 bits per heavy atom. The number of hydrogen-bond donors (Lipinski definition) is 4. The quantitative estimate of drug-likeness (QED) is 0.119. The predicted molar refractivity (Wildman–Crippen MR) is 175 cm³/mol. The van der Waals surface area contributed by atoms with Gasteiger partial charge in [0.15, 0.2) is 0 Å². The van der Waals surface area contributed by atoms with Crippen LogP contribution in [0.15, 0.2) is 0 Å². The minimum absolute atomic E-state index is 0.0389. The van der Waals surface area contributed by atoms with Crippen LogP contribution in [0, 0.1) is 10.8 Å². The van der Waals surface area contributed by atoms with Gasteiger partial charge in [0.05, 0.1) is 6.61 Å². The van der Waals surface area contributed by atoms with E-state index in [4.69, 9.17) is 9.47 Å². The fraction of sp³-hybridized carbons (Fsp3) is 0.871. The maximum atomic E-state index is 12.8. The number of carbonyl (C=O) groups excluding carboxylic acids is 4. The minimum atomic E-state index is -0.547.